The maximum Gasteiger partial charge on any atom is 0.411 e. The van der Waals surface area contributed by atoms with Crippen LogP contribution in [0.4, 0.5) is 13.2 Å². The summed E-state index contributed by atoms with van der Waals surface area (Å²) in [6.07, 6.45) is -5.24. The average Bonchev–Trinajstić information content (AvgIpc) is 2.45. The topological polar surface area (TPSA) is 72.2 Å². The molecular weight excluding hydrogens is 325 g/mol. The summed E-state index contributed by atoms with van der Waals surface area (Å²) in [6, 6.07) is 5.62. The highest BCUT2D eigenvalue weighted by molar-refractivity contribution is 5.87. The van der Waals surface area contributed by atoms with Crippen molar-refractivity contribution in [2.45, 2.75) is 51.5 Å². The van der Waals surface area contributed by atoms with E-state index in [0.717, 1.165) is 6.92 Å². The van der Waals surface area contributed by atoms with Gasteiger partial charge in [-0.15, -0.1) is 0 Å². The number of Topliss-reactive ketones (excluding diaryl/α,β-unsaturated/α-hetero) is 1. The minimum Gasteiger partial charge on any atom is -0.296 e. The molecule has 0 amide bonds. The first-order valence-electron chi connectivity index (χ1n) is 7.51. The summed E-state index contributed by atoms with van der Waals surface area (Å²) in [5.74, 6) is -1.31. The van der Waals surface area contributed by atoms with Gasteiger partial charge in [0.2, 0.25) is 5.78 Å². The van der Waals surface area contributed by atoms with Gasteiger partial charge in [0.1, 0.15) is 0 Å². The number of rotatable bonds is 8. The van der Waals surface area contributed by atoms with Crippen molar-refractivity contribution in [2.24, 2.45) is 5.92 Å². The van der Waals surface area contributed by atoms with E-state index in [1.807, 2.05) is 0 Å². The van der Waals surface area contributed by atoms with Gasteiger partial charge in [0.15, 0.2) is 6.04 Å². The van der Waals surface area contributed by atoms with Crippen LogP contribution < -0.4 is 5.32 Å². The van der Waals surface area contributed by atoms with Crippen LogP contribution >= 0.6 is 0 Å². The van der Waals surface area contributed by atoms with Crippen LogP contribution in [-0.2, 0) is 11.3 Å². The van der Waals surface area contributed by atoms with Crippen LogP contribution in [-0.4, -0.2) is 28.5 Å². The molecule has 0 spiro atoms. The second kappa shape index (κ2) is 7.74. The van der Waals surface area contributed by atoms with Crippen LogP contribution in [0.2, 0.25) is 0 Å². The zero-order valence-corrected chi connectivity index (χ0v) is 13.8. The van der Waals surface area contributed by atoms with Gasteiger partial charge in [-0.05, 0) is 11.5 Å². The number of ketones is 1. The maximum absolute atomic E-state index is 13.5. The quantitative estimate of drug-likeness (QED) is 0.579. The van der Waals surface area contributed by atoms with Gasteiger partial charge in [-0.1, -0.05) is 44.2 Å². The van der Waals surface area contributed by atoms with E-state index >= 15 is 0 Å². The number of carbonyl (C=O) groups is 1. The van der Waals surface area contributed by atoms with Crippen LogP contribution in [0, 0.1) is 16.0 Å². The van der Waals surface area contributed by atoms with Gasteiger partial charge in [0.25, 0.3) is 5.54 Å². The smallest absolute Gasteiger partial charge is 0.296 e. The summed E-state index contributed by atoms with van der Waals surface area (Å²) < 4.78 is 40.4. The number of hydrogen-bond donors (Lipinski definition) is 1. The Morgan fingerprint density at radius 1 is 1.25 bits per heavy atom. The Bertz CT molecular complexity index is 576. The Morgan fingerprint density at radius 3 is 2.21 bits per heavy atom. The molecule has 0 bridgehead atoms. The van der Waals surface area contributed by atoms with Crippen LogP contribution in [0.5, 0.6) is 0 Å². The third kappa shape index (κ3) is 4.77. The predicted molar refractivity (Wildman–Crippen MR) is 83.0 cm³/mol. The van der Waals surface area contributed by atoms with E-state index in [1.54, 1.807) is 44.2 Å². The summed E-state index contributed by atoms with van der Waals surface area (Å²) in [7, 11) is 0. The molecule has 0 fully saturated rings. The summed E-state index contributed by atoms with van der Waals surface area (Å²) in [6.45, 7) is 3.76. The molecule has 0 aromatic heterocycles. The second-order valence-corrected chi connectivity index (χ2v) is 6.27. The highest BCUT2D eigenvalue weighted by Gasteiger charge is 2.63. The molecule has 134 valence electrons. The van der Waals surface area contributed by atoms with Gasteiger partial charge in [-0.2, -0.15) is 13.2 Å². The van der Waals surface area contributed by atoms with E-state index in [2.05, 4.69) is 5.32 Å². The Hall–Kier alpha value is -1.96. The van der Waals surface area contributed by atoms with Crippen LogP contribution in [0.1, 0.15) is 32.8 Å². The van der Waals surface area contributed by atoms with E-state index in [9.17, 15) is 28.1 Å². The molecule has 1 rings (SSSR count). The molecular formula is C16H21F3N2O3. The maximum atomic E-state index is 13.5. The Labute approximate surface area is 138 Å². The summed E-state index contributed by atoms with van der Waals surface area (Å²) in [4.78, 5) is 22.5. The van der Waals surface area contributed by atoms with Gasteiger partial charge in [0.05, 0.1) is 0 Å². The highest BCUT2D eigenvalue weighted by atomic mass is 19.4. The number of carbonyl (C=O) groups excluding carboxylic acids is 1. The molecule has 0 aliphatic rings. The normalized spacial score (nSPS) is 15.8. The lowest BCUT2D eigenvalue weighted by Gasteiger charge is -2.31. The van der Waals surface area contributed by atoms with Crippen molar-refractivity contribution in [3.63, 3.8) is 0 Å². The monoisotopic (exact) mass is 346 g/mol. The van der Waals surface area contributed by atoms with Gasteiger partial charge in [-0.3, -0.25) is 20.2 Å². The average molecular weight is 346 g/mol. The van der Waals surface area contributed by atoms with Crippen molar-refractivity contribution in [1.82, 2.24) is 5.32 Å². The standard InChI is InChI=1S/C16H21F3N2O3/c1-11(2)9-13(22)15(3,21(23)24)14(16(17,18)19)20-10-12-7-5-4-6-8-12/h4-8,11,14,20H,9-10H2,1-3H3/t14-,15+/m1/s1. The molecule has 0 unspecified atom stereocenters. The molecule has 5 nitrogen and oxygen atoms in total. The zero-order chi connectivity index (χ0) is 18.5. The molecule has 0 aliphatic heterocycles. The molecule has 1 N–H and O–H groups in total. The van der Waals surface area contributed by atoms with Crippen molar-refractivity contribution in [1.29, 1.82) is 0 Å². The molecule has 24 heavy (non-hydrogen) atoms. The molecule has 0 aliphatic carbocycles. The zero-order valence-electron chi connectivity index (χ0n) is 13.8. The molecule has 0 radical (unpaired) electrons. The number of alkyl halides is 3. The summed E-state index contributed by atoms with van der Waals surface area (Å²) in [5, 5.41) is 13.6. The van der Waals surface area contributed by atoms with E-state index in [4.69, 9.17) is 0 Å². The number of nitrogens with one attached hydrogen (secondary N) is 1. The molecule has 1 aromatic carbocycles. The van der Waals surface area contributed by atoms with Crippen molar-refractivity contribution in [3.05, 3.63) is 46.0 Å². The molecule has 0 heterocycles. The fourth-order valence-corrected chi connectivity index (χ4v) is 2.39. The molecule has 1 aromatic rings. The third-order valence-electron chi connectivity index (χ3n) is 3.78. The first kappa shape index (κ1) is 20.1. The first-order chi connectivity index (χ1) is 11.0. The second-order valence-electron chi connectivity index (χ2n) is 6.27. The minimum absolute atomic E-state index is 0.233. The van der Waals surface area contributed by atoms with Crippen LogP contribution in [0.25, 0.3) is 0 Å². The fourth-order valence-electron chi connectivity index (χ4n) is 2.39. The lowest BCUT2D eigenvalue weighted by Crippen LogP contribution is -2.64. The molecule has 0 saturated carbocycles. The highest BCUT2D eigenvalue weighted by Crippen LogP contribution is 2.32. The van der Waals surface area contributed by atoms with Crippen LogP contribution in [0.15, 0.2) is 30.3 Å². The SMILES string of the molecule is CC(C)CC(=O)[C@@](C)([C@@H](NCc1ccccc1)C(F)(F)F)[N+](=O)[O-]. The molecule has 0 saturated heterocycles. The Balaban J connectivity index is 3.14. The lowest BCUT2D eigenvalue weighted by atomic mass is 9.83. The van der Waals surface area contributed by atoms with E-state index in [-0.39, 0.29) is 18.9 Å². The number of benzene rings is 1. The van der Waals surface area contributed by atoms with Crippen molar-refractivity contribution < 1.29 is 22.9 Å². The number of nitrogens with zero attached hydrogens (tertiary/aromatic N) is 1. The molecule has 8 heteroatoms. The number of halogens is 3. The van der Waals surface area contributed by atoms with Crippen LogP contribution in [0.3, 0.4) is 0 Å². The predicted octanol–water partition coefficient (Wildman–Crippen LogP) is 3.36. The largest absolute Gasteiger partial charge is 0.411 e. The van der Waals surface area contributed by atoms with Gasteiger partial charge < -0.3 is 0 Å². The fraction of sp³-hybridized carbons (Fsp3) is 0.562. The number of hydrogen-bond acceptors (Lipinski definition) is 4. The lowest BCUT2D eigenvalue weighted by molar-refractivity contribution is -0.560. The van der Waals surface area contributed by atoms with Crippen molar-refractivity contribution >= 4 is 5.78 Å². The van der Waals surface area contributed by atoms with Gasteiger partial charge in [0, 0.05) is 24.8 Å². The Kier molecular flexibility index (Phi) is 6.48. The summed E-state index contributed by atoms with van der Waals surface area (Å²) >= 11 is 0. The number of nitro groups is 1. The van der Waals surface area contributed by atoms with E-state index < -0.39 is 28.5 Å². The summed E-state index contributed by atoms with van der Waals surface area (Å²) in [5.41, 5.74) is -2.24. The van der Waals surface area contributed by atoms with E-state index in [0.29, 0.717) is 5.56 Å². The van der Waals surface area contributed by atoms with E-state index in [1.165, 1.54) is 0 Å². The van der Waals surface area contributed by atoms with Crippen molar-refractivity contribution in [3.8, 4) is 0 Å². The van der Waals surface area contributed by atoms with Gasteiger partial charge >= 0.3 is 6.18 Å². The Morgan fingerprint density at radius 2 is 1.79 bits per heavy atom. The third-order valence-corrected chi connectivity index (χ3v) is 3.78. The minimum atomic E-state index is -4.94. The van der Waals surface area contributed by atoms with Crippen molar-refractivity contribution in [2.75, 3.05) is 0 Å². The van der Waals surface area contributed by atoms with Gasteiger partial charge in [-0.25, -0.2) is 0 Å². The molecule has 2 atom stereocenters. The first-order valence-corrected chi connectivity index (χ1v) is 7.51.